The number of hydrogen-bond donors (Lipinski definition) is 22. The minimum absolute atomic E-state index is 0.00897. The van der Waals surface area contributed by atoms with Crippen LogP contribution in [-0.4, -0.2) is 271 Å². The number of aliphatic carboxylic acids is 2. The highest BCUT2D eigenvalue weighted by atomic mass is 32.2. The van der Waals surface area contributed by atoms with Crippen LogP contribution in [0.25, 0.3) is 0 Å². The molecule has 1 aliphatic rings. The zero-order valence-electron chi connectivity index (χ0n) is 61.6. The summed E-state index contributed by atoms with van der Waals surface area (Å²) in [4.78, 5) is 216. The van der Waals surface area contributed by atoms with E-state index in [0.717, 1.165) is 18.7 Å². The van der Waals surface area contributed by atoms with E-state index in [1.54, 1.807) is 62.6 Å². The summed E-state index contributed by atoms with van der Waals surface area (Å²) in [5.74, 6) is -17.4. The van der Waals surface area contributed by atoms with Gasteiger partial charge in [0.2, 0.25) is 82.7 Å². The minimum atomic E-state index is -2.03. The van der Waals surface area contributed by atoms with Gasteiger partial charge in [-0.25, -0.2) is 4.79 Å². The molecule has 0 radical (unpaired) electrons. The Hall–Kier alpha value is -10.1. The average molecular weight is 1560 g/mol. The number of hydrogen-bond acceptors (Lipinski definition) is 24. The highest BCUT2D eigenvalue weighted by Crippen LogP contribution is 2.21. The van der Waals surface area contributed by atoms with Crippen molar-refractivity contribution in [2.45, 2.75) is 209 Å². The molecular weight excluding hydrogens is 1450 g/mol. The molecule has 0 spiro atoms. The predicted octanol–water partition coefficient (Wildman–Crippen LogP) is -7.15. The van der Waals surface area contributed by atoms with Crippen LogP contribution < -0.4 is 81.0 Å². The van der Waals surface area contributed by atoms with Crippen molar-refractivity contribution in [3.63, 3.8) is 0 Å². The number of nitrogens with two attached hydrogens (primary N) is 3. The summed E-state index contributed by atoms with van der Waals surface area (Å²) < 4.78 is 0. The van der Waals surface area contributed by atoms with E-state index in [-0.39, 0.29) is 88.3 Å². The minimum Gasteiger partial charge on any atom is -0.508 e. The molecule has 0 bridgehead atoms. The number of phenols is 1. The smallest absolute Gasteiger partial charge is 0.326 e. The third-order valence-electron chi connectivity index (χ3n) is 17.2. The van der Waals surface area contributed by atoms with Gasteiger partial charge in [-0.05, 0) is 133 Å². The zero-order chi connectivity index (χ0) is 81.8. The molecule has 1 heterocycles. The highest BCUT2D eigenvalue weighted by Gasteiger charge is 2.42. The fraction of sp³-hybridized carbons (Fsp3) is 0.594. The first-order chi connectivity index (χ1) is 51.4. The number of likely N-dealkylation sites (tertiary alicyclic amines) is 1. The summed E-state index contributed by atoms with van der Waals surface area (Å²) in [6.45, 7) is 3.91. The van der Waals surface area contributed by atoms with Crippen molar-refractivity contribution in [2.24, 2.45) is 23.1 Å². The van der Waals surface area contributed by atoms with Crippen molar-refractivity contribution in [3.05, 3.63) is 65.7 Å². The molecule has 0 aliphatic carbocycles. The molecule has 1 aliphatic heterocycles. The average Bonchev–Trinajstić information content (AvgIpc) is 1.73. The largest absolute Gasteiger partial charge is 0.508 e. The van der Waals surface area contributed by atoms with Gasteiger partial charge in [0.15, 0.2) is 0 Å². The van der Waals surface area contributed by atoms with Crippen LogP contribution in [0.2, 0.25) is 0 Å². The Bertz CT molecular complexity index is 3430. The van der Waals surface area contributed by atoms with E-state index < -0.39 is 231 Å². The second-order valence-corrected chi connectivity index (χ2v) is 27.6. The number of carboxylic acid groups (broad SMARTS) is 2. The second-order valence-electron chi connectivity index (χ2n) is 26.6. The molecule has 1 saturated heterocycles. The van der Waals surface area contributed by atoms with Gasteiger partial charge in [-0.15, -0.1) is 0 Å². The summed E-state index contributed by atoms with van der Waals surface area (Å²) in [5.41, 5.74) is 18.3. The molecule has 0 aromatic heterocycles. The molecule has 15 atom stereocenters. The maximum Gasteiger partial charge on any atom is 0.326 e. The van der Waals surface area contributed by atoms with Gasteiger partial charge in [-0.3, -0.25) is 71.9 Å². The van der Waals surface area contributed by atoms with E-state index in [1.807, 2.05) is 0 Å². The standard InChI is InChI=1S/C69H106N16O23S/c1-35(2)29-48(69(107)108)80-66(104)51-16-12-27-85(51)68(106)56(38(5)89)84-61(99)44(21-23-52(72)91)77-64(102)49(33-86)81-59(97)43(15-10-11-26-70)76-60(98)45(22-24-54(93)94)78-65(103)50(34-87)82-67(105)55(37(4)88)83-62(100)46(25-28-109-6)79-63(101)47(31-39-13-8-7-9-14-39)75-53(92)32-73-57(95)36(3)74-58(96)42(71)30-40-17-19-41(90)20-18-40/h7-9,13-14,17-20,35-38,42-51,55-56,86-90H,10-12,15-16,21-34,70-71H2,1-6H3,(H2,72,91)(H,73,95)(H,74,96)(H,75,92)(H,76,98)(H,77,102)(H,78,103)(H,79,101)(H,80,104)(H,81,97)(H,82,105)(H,83,100)(H,84,99)(H,93,94)(H,107,108)/t36-,37-,38-,42+,43+,44+,45+,46+,47+,48+,49+,50+,51+,55+,56+/m1/s1. The topological polar surface area (TPSA) is 640 Å². The number of rotatable bonds is 49. The van der Waals surface area contributed by atoms with Crippen molar-refractivity contribution in [1.29, 1.82) is 0 Å². The number of unbranched alkanes of at least 4 members (excludes halogenated alkanes) is 1. The van der Waals surface area contributed by atoms with Crippen LogP contribution in [0.4, 0.5) is 0 Å². The fourth-order valence-corrected chi connectivity index (χ4v) is 11.6. The lowest BCUT2D eigenvalue weighted by Crippen LogP contribution is -2.62. The monoisotopic (exact) mass is 1560 g/mol. The van der Waals surface area contributed by atoms with Crippen molar-refractivity contribution in [1.82, 2.24) is 68.7 Å². The van der Waals surface area contributed by atoms with Crippen LogP contribution in [0.1, 0.15) is 116 Å². The molecule has 3 rings (SSSR count). The lowest BCUT2D eigenvalue weighted by atomic mass is 10.0. The normalized spacial score (nSPS) is 16.4. The summed E-state index contributed by atoms with van der Waals surface area (Å²) >= 11 is 1.25. The SMILES string of the molecule is CSCC[C@H](NC(=O)[C@H](Cc1ccccc1)NC(=O)CNC(=O)[C@@H](C)NC(=O)[C@@H](N)Cc1ccc(O)cc1)C(=O)N[C@H](C(=O)N[C@@H](CO)C(=O)N[C@@H](CCC(=O)O)C(=O)N[C@@H](CCCCN)C(=O)N[C@@H](CO)C(=O)N[C@@H](CCC(N)=O)C(=O)N[C@H](C(=O)N1CCC[C@H]1C(=O)N[C@@H](CC(C)C)C(=O)O)[C@@H](C)O)[C@@H](C)O. The van der Waals surface area contributed by atoms with Gasteiger partial charge in [0.25, 0.3) is 0 Å². The van der Waals surface area contributed by atoms with Crippen LogP contribution in [0.5, 0.6) is 5.75 Å². The number of nitrogens with one attached hydrogen (secondary N) is 12. The molecule has 2 aromatic carbocycles. The van der Waals surface area contributed by atoms with E-state index >= 15 is 0 Å². The Morgan fingerprint density at radius 3 is 1.52 bits per heavy atom. The Morgan fingerprint density at radius 1 is 0.532 bits per heavy atom. The number of aromatic hydroxyl groups is 1. The first-order valence-electron chi connectivity index (χ1n) is 35.4. The van der Waals surface area contributed by atoms with Crippen LogP contribution >= 0.6 is 11.8 Å². The van der Waals surface area contributed by atoms with Gasteiger partial charge in [-0.2, -0.15) is 11.8 Å². The first kappa shape index (κ1) is 93.1. The van der Waals surface area contributed by atoms with Crippen molar-refractivity contribution >= 4 is 106 Å². The van der Waals surface area contributed by atoms with Crippen LogP contribution in [-0.2, 0) is 89.6 Å². The van der Waals surface area contributed by atoms with Gasteiger partial charge in [0, 0.05) is 25.8 Å². The summed E-state index contributed by atoms with van der Waals surface area (Å²) in [6.07, 6.45) is -4.16. The van der Waals surface area contributed by atoms with Gasteiger partial charge < -0.3 is 122 Å². The van der Waals surface area contributed by atoms with E-state index in [1.165, 1.54) is 30.8 Å². The lowest BCUT2D eigenvalue weighted by molar-refractivity contribution is -0.146. The third-order valence-corrected chi connectivity index (χ3v) is 17.8. The number of benzene rings is 2. The number of nitrogens with zero attached hydrogens (tertiary/aromatic N) is 1. The Morgan fingerprint density at radius 2 is 1.02 bits per heavy atom. The Balaban J connectivity index is 1.80. The van der Waals surface area contributed by atoms with Crippen LogP contribution in [0.15, 0.2) is 54.6 Å². The highest BCUT2D eigenvalue weighted by molar-refractivity contribution is 7.98. The number of primary amides is 1. The Kier molecular flexibility index (Phi) is 40.7. The number of aliphatic hydroxyl groups is 4. The van der Waals surface area contributed by atoms with Gasteiger partial charge >= 0.3 is 11.9 Å². The number of phenolic OH excluding ortho intramolecular Hbond substituents is 1. The van der Waals surface area contributed by atoms with E-state index in [9.17, 15) is 112 Å². The first-order valence-corrected chi connectivity index (χ1v) is 36.8. The third kappa shape index (κ3) is 32.7. The number of carboxylic acids is 2. The van der Waals surface area contributed by atoms with Crippen molar-refractivity contribution in [2.75, 3.05) is 44.9 Å². The molecule has 0 unspecified atom stereocenters. The number of aliphatic hydroxyl groups excluding tert-OH is 4. The summed E-state index contributed by atoms with van der Waals surface area (Å²) in [7, 11) is 0. The molecule has 109 heavy (non-hydrogen) atoms. The molecule has 2 aromatic rings. The molecule has 1 fully saturated rings. The van der Waals surface area contributed by atoms with E-state index in [0.29, 0.717) is 11.1 Å². The lowest BCUT2D eigenvalue weighted by Gasteiger charge is -2.31. The van der Waals surface area contributed by atoms with Gasteiger partial charge in [0.1, 0.15) is 78.3 Å². The van der Waals surface area contributed by atoms with Crippen molar-refractivity contribution < 1.29 is 112 Å². The maximum absolute atomic E-state index is 14.2. The molecular formula is C69H106N16O23S. The molecule has 39 nitrogen and oxygen atoms in total. The molecule has 40 heteroatoms. The number of carbonyl (C=O) groups excluding carboxylic acids is 14. The molecule has 14 amide bonds. The molecule has 25 N–H and O–H groups in total. The summed E-state index contributed by atoms with van der Waals surface area (Å²) in [5, 5.41) is 99.8. The van der Waals surface area contributed by atoms with E-state index in [2.05, 4.69) is 63.8 Å². The van der Waals surface area contributed by atoms with Gasteiger partial charge in [0.05, 0.1) is 38.0 Å². The molecule has 0 saturated carbocycles. The van der Waals surface area contributed by atoms with Gasteiger partial charge in [-0.1, -0.05) is 56.3 Å². The number of thioether (sulfide) groups is 1. The molecule has 606 valence electrons. The quantitative estimate of drug-likeness (QED) is 0.0274. The maximum atomic E-state index is 14.2. The Labute approximate surface area is 633 Å². The number of carbonyl (C=O) groups is 16. The predicted molar refractivity (Wildman–Crippen MR) is 390 cm³/mol. The second kappa shape index (κ2) is 47.6. The van der Waals surface area contributed by atoms with Crippen LogP contribution in [0.3, 0.4) is 0 Å². The van der Waals surface area contributed by atoms with Crippen molar-refractivity contribution in [3.8, 4) is 5.75 Å². The van der Waals surface area contributed by atoms with E-state index in [4.69, 9.17) is 17.2 Å². The number of amides is 14. The zero-order valence-corrected chi connectivity index (χ0v) is 62.4. The fourth-order valence-electron chi connectivity index (χ4n) is 11.1. The van der Waals surface area contributed by atoms with Crippen LogP contribution in [0, 0.1) is 5.92 Å². The summed E-state index contributed by atoms with van der Waals surface area (Å²) in [6, 6.07) is -6.55.